The molecule has 0 aliphatic carbocycles. The molecule has 1 aromatic rings. The predicted octanol–water partition coefficient (Wildman–Crippen LogP) is 2.59. The molecule has 0 aliphatic rings. The van der Waals surface area contributed by atoms with Crippen molar-refractivity contribution in [3.05, 3.63) is 29.3 Å². The second-order valence-electron chi connectivity index (χ2n) is 3.89. The zero-order chi connectivity index (χ0) is 12.1. The SMILES string of the molecule is CCC(=O)NC(C)c1cc(C)ccc1OC. The van der Waals surface area contributed by atoms with Gasteiger partial charge in [-0.1, -0.05) is 24.6 Å². The molecule has 0 fully saturated rings. The fraction of sp³-hybridized carbons (Fsp3) is 0.462. The molecule has 16 heavy (non-hydrogen) atoms. The Kier molecular flexibility index (Phi) is 4.35. The van der Waals surface area contributed by atoms with E-state index in [1.165, 1.54) is 0 Å². The average molecular weight is 221 g/mol. The van der Waals surface area contributed by atoms with Crippen LogP contribution < -0.4 is 10.1 Å². The molecule has 88 valence electrons. The molecule has 1 aromatic carbocycles. The predicted molar refractivity (Wildman–Crippen MR) is 64.6 cm³/mol. The maximum Gasteiger partial charge on any atom is 0.220 e. The van der Waals surface area contributed by atoms with E-state index in [-0.39, 0.29) is 11.9 Å². The van der Waals surface area contributed by atoms with Crippen molar-refractivity contribution < 1.29 is 9.53 Å². The van der Waals surface area contributed by atoms with E-state index in [0.29, 0.717) is 6.42 Å². The van der Waals surface area contributed by atoms with E-state index in [1.807, 2.05) is 39.0 Å². The van der Waals surface area contributed by atoms with Gasteiger partial charge in [0.1, 0.15) is 5.75 Å². The lowest BCUT2D eigenvalue weighted by Crippen LogP contribution is -2.26. The van der Waals surface area contributed by atoms with Gasteiger partial charge in [0, 0.05) is 12.0 Å². The molecule has 3 heteroatoms. The average Bonchev–Trinajstić information content (AvgIpc) is 2.28. The largest absolute Gasteiger partial charge is 0.496 e. The van der Waals surface area contributed by atoms with Gasteiger partial charge in [0.05, 0.1) is 13.2 Å². The zero-order valence-corrected chi connectivity index (χ0v) is 10.3. The number of hydrogen-bond acceptors (Lipinski definition) is 2. The number of benzene rings is 1. The van der Waals surface area contributed by atoms with Crippen LogP contribution >= 0.6 is 0 Å². The Hall–Kier alpha value is -1.51. The summed E-state index contributed by atoms with van der Waals surface area (Å²) >= 11 is 0. The second kappa shape index (κ2) is 5.54. The van der Waals surface area contributed by atoms with E-state index < -0.39 is 0 Å². The molecule has 0 spiro atoms. The van der Waals surface area contributed by atoms with Gasteiger partial charge in [0.15, 0.2) is 0 Å². The Labute approximate surface area is 96.8 Å². The molecule has 1 amide bonds. The quantitative estimate of drug-likeness (QED) is 0.848. The van der Waals surface area contributed by atoms with Crippen LogP contribution in [0.4, 0.5) is 0 Å². The van der Waals surface area contributed by atoms with Gasteiger partial charge in [0.25, 0.3) is 0 Å². The molecule has 0 radical (unpaired) electrons. The van der Waals surface area contributed by atoms with Crippen molar-refractivity contribution in [2.45, 2.75) is 33.2 Å². The first-order valence-corrected chi connectivity index (χ1v) is 5.52. The fourth-order valence-corrected chi connectivity index (χ4v) is 1.61. The van der Waals surface area contributed by atoms with Crippen LogP contribution in [0.2, 0.25) is 0 Å². The van der Waals surface area contributed by atoms with Crippen LogP contribution in [0.25, 0.3) is 0 Å². The van der Waals surface area contributed by atoms with E-state index in [1.54, 1.807) is 7.11 Å². The number of carbonyl (C=O) groups is 1. The number of methoxy groups -OCH3 is 1. The third-order valence-electron chi connectivity index (χ3n) is 2.55. The lowest BCUT2D eigenvalue weighted by molar-refractivity contribution is -0.121. The van der Waals surface area contributed by atoms with Gasteiger partial charge in [-0.3, -0.25) is 4.79 Å². The first-order valence-electron chi connectivity index (χ1n) is 5.52. The number of carbonyl (C=O) groups excluding carboxylic acids is 1. The second-order valence-corrected chi connectivity index (χ2v) is 3.89. The zero-order valence-electron chi connectivity index (χ0n) is 10.3. The van der Waals surface area contributed by atoms with Crippen molar-refractivity contribution in [1.82, 2.24) is 5.32 Å². The third kappa shape index (κ3) is 2.99. The molecule has 0 bridgehead atoms. The van der Waals surface area contributed by atoms with Crippen LogP contribution in [0.15, 0.2) is 18.2 Å². The molecule has 0 aliphatic heterocycles. The van der Waals surface area contributed by atoms with Crippen molar-refractivity contribution in [3.63, 3.8) is 0 Å². The highest BCUT2D eigenvalue weighted by Gasteiger charge is 2.13. The smallest absolute Gasteiger partial charge is 0.220 e. The molecule has 0 saturated heterocycles. The minimum atomic E-state index is -0.0256. The minimum absolute atomic E-state index is 0.0256. The summed E-state index contributed by atoms with van der Waals surface area (Å²) < 4.78 is 5.29. The Morgan fingerprint density at radius 3 is 2.75 bits per heavy atom. The lowest BCUT2D eigenvalue weighted by atomic mass is 10.0. The summed E-state index contributed by atoms with van der Waals surface area (Å²) in [6.45, 7) is 5.83. The van der Waals surface area contributed by atoms with E-state index in [4.69, 9.17) is 4.74 Å². The molecule has 0 saturated carbocycles. The highest BCUT2D eigenvalue weighted by atomic mass is 16.5. The van der Waals surface area contributed by atoms with Gasteiger partial charge < -0.3 is 10.1 Å². The van der Waals surface area contributed by atoms with Gasteiger partial charge >= 0.3 is 0 Å². The molecular weight excluding hydrogens is 202 g/mol. The summed E-state index contributed by atoms with van der Waals surface area (Å²) in [7, 11) is 1.64. The van der Waals surface area contributed by atoms with Crippen LogP contribution in [-0.4, -0.2) is 13.0 Å². The number of nitrogens with one attached hydrogen (secondary N) is 1. The van der Waals surface area contributed by atoms with Gasteiger partial charge in [-0.15, -0.1) is 0 Å². The summed E-state index contributed by atoms with van der Waals surface area (Å²) in [6, 6.07) is 5.94. The van der Waals surface area contributed by atoms with E-state index in [9.17, 15) is 4.79 Å². The van der Waals surface area contributed by atoms with Gasteiger partial charge in [-0.2, -0.15) is 0 Å². The molecule has 0 heterocycles. The normalized spacial score (nSPS) is 12.0. The molecule has 1 unspecified atom stereocenters. The minimum Gasteiger partial charge on any atom is -0.496 e. The van der Waals surface area contributed by atoms with Gasteiger partial charge in [-0.05, 0) is 19.9 Å². The van der Waals surface area contributed by atoms with Crippen molar-refractivity contribution >= 4 is 5.91 Å². The maximum atomic E-state index is 11.3. The standard InChI is InChI=1S/C13H19NO2/c1-5-13(15)14-10(3)11-8-9(2)6-7-12(11)16-4/h6-8,10H,5H2,1-4H3,(H,14,15). The Balaban J connectivity index is 2.92. The summed E-state index contributed by atoms with van der Waals surface area (Å²) in [6.07, 6.45) is 0.498. The van der Waals surface area contributed by atoms with E-state index in [0.717, 1.165) is 16.9 Å². The maximum absolute atomic E-state index is 11.3. The van der Waals surface area contributed by atoms with Gasteiger partial charge in [0.2, 0.25) is 5.91 Å². The van der Waals surface area contributed by atoms with E-state index in [2.05, 4.69) is 5.32 Å². The molecule has 0 aromatic heterocycles. The molecule has 1 N–H and O–H groups in total. The summed E-state index contributed by atoms with van der Waals surface area (Å²) in [5.74, 6) is 0.866. The first-order chi connectivity index (χ1) is 7.58. The summed E-state index contributed by atoms with van der Waals surface area (Å²) in [5, 5.41) is 2.93. The number of ether oxygens (including phenoxy) is 1. The van der Waals surface area contributed by atoms with Gasteiger partial charge in [-0.25, -0.2) is 0 Å². The molecule has 1 rings (SSSR count). The Morgan fingerprint density at radius 2 is 2.19 bits per heavy atom. The van der Waals surface area contributed by atoms with Crippen LogP contribution in [0, 0.1) is 6.92 Å². The van der Waals surface area contributed by atoms with Crippen molar-refractivity contribution in [2.24, 2.45) is 0 Å². The van der Waals surface area contributed by atoms with Crippen LogP contribution in [0.1, 0.15) is 37.4 Å². The summed E-state index contributed by atoms with van der Waals surface area (Å²) in [4.78, 5) is 11.3. The van der Waals surface area contributed by atoms with Crippen LogP contribution in [0.5, 0.6) is 5.75 Å². The number of hydrogen-bond donors (Lipinski definition) is 1. The van der Waals surface area contributed by atoms with Crippen molar-refractivity contribution in [3.8, 4) is 5.75 Å². The first kappa shape index (κ1) is 12.6. The highest BCUT2D eigenvalue weighted by molar-refractivity contribution is 5.76. The molecular formula is C13H19NO2. The molecule has 1 atom stereocenters. The number of amides is 1. The lowest BCUT2D eigenvalue weighted by Gasteiger charge is -2.17. The Morgan fingerprint density at radius 1 is 1.50 bits per heavy atom. The topological polar surface area (TPSA) is 38.3 Å². The fourth-order valence-electron chi connectivity index (χ4n) is 1.61. The molecule has 3 nitrogen and oxygen atoms in total. The highest BCUT2D eigenvalue weighted by Crippen LogP contribution is 2.25. The van der Waals surface area contributed by atoms with Crippen LogP contribution in [0.3, 0.4) is 0 Å². The summed E-state index contributed by atoms with van der Waals surface area (Å²) in [5.41, 5.74) is 2.18. The monoisotopic (exact) mass is 221 g/mol. The van der Waals surface area contributed by atoms with E-state index >= 15 is 0 Å². The van der Waals surface area contributed by atoms with Crippen LogP contribution in [-0.2, 0) is 4.79 Å². The third-order valence-corrected chi connectivity index (χ3v) is 2.55. The number of aryl methyl sites for hydroxylation is 1. The van der Waals surface area contributed by atoms with Crippen molar-refractivity contribution in [2.75, 3.05) is 7.11 Å². The Bertz CT molecular complexity index is 374. The number of rotatable bonds is 4. The van der Waals surface area contributed by atoms with Crippen molar-refractivity contribution in [1.29, 1.82) is 0 Å².